The average Bonchev–Trinajstić information content (AvgIpc) is 2.88. The van der Waals surface area contributed by atoms with Crippen LogP contribution in [0.2, 0.25) is 10.0 Å². The summed E-state index contributed by atoms with van der Waals surface area (Å²) < 4.78 is 75.3. The smallest absolute Gasteiger partial charge is 0.334 e. The molecule has 0 spiro atoms. The predicted octanol–water partition coefficient (Wildman–Crippen LogP) is 8.05. The molecule has 5 nitrogen and oxygen atoms in total. The zero-order chi connectivity index (χ0) is 28.8. The normalized spacial score (nSPS) is 11.5. The van der Waals surface area contributed by atoms with Gasteiger partial charge in [0.2, 0.25) is 0 Å². The highest BCUT2D eigenvalue weighted by Gasteiger charge is 2.34. The standard InChI is InChI=1S/C18H13ClF3N3O.C8H7ClF3N/c19-15-5-4-11(8-14(15)18(20,21)22)9-24-17(26)25-16-3-1-2-12-10-23-7-6-13(12)16;9-7-2-1-5(4-13)3-6(7)8(10,11)12/h1-8,10H,9H2,(H2,24,25,26);1-3H,4,13H2. The number of carbonyl (C=O) groups is 1. The molecule has 0 saturated carbocycles. The third-order valence-corrected chi connectivity index (χ3v) is 5.95. The molecule has 39 heavy (non-hydrogen) atoms. The second-order valence-electron chi connectivity index (χ2n) is 8.04. The number of pyridine rings is 1. The highest BCUT2D eigenvalue weighted by atomic mass is 35.5. The maximum Gasteiger partial charge on any atom is 0.417 e. The van der Waals surface area contributed by atoms with E-state index in [-0.39, 0.29) is 23.1 Å². The van der Waals surface area contributed by atoms with Crippen LogP contribution in [0, 0.1) is 0 Å². The van der Waals surface area contributed by atoms with Gasteiger partial charge in [-0.3, -0.25) is 4.98 Å². The topological polar surface area (TPSA) is 80.0 Å². The van der Waals surface area contributed by atoms with Crippen LogP contribution in [0.4, 0.5) is 36.8 Å². The number of nitrogens with zero attached hydrogens (tertiary/aromatic N) is 1. The largest absolute Gasteiger partial charge is 0.417 e. The Balaban J connectivity index is 0.000000272. The van der Waals surface area contributed by atoms with Crippen molar-refractivity contribution in [3.05, 3.63) is 105 Å². The number of nitrogens with one attached hydrogen (secondary N) is 2. The summed E-state index contributed by atoms with van der Waals surface area (Å²) >= 11 is 11.0. The molecule has 206 valence electrons. The van der Waals surface area contributed by atoms with Crippen LogP contribution in [-0.2, 0) is 25.4 Å². The number of aromatic nitrogens is 1. The van der Waals surface area contributed by atoms with Gasteiger partial charge in [-0.2, -0.15) is 26.3 Å². The van der Waals surface area contributed by atoms with Gasteiger partial charge in [0.15, 0.2) is 0 Å². The lowest BCUT2D eigenvalue weighted by atomic mass is 10.1. The Morgan fingerprint density at radius 2 is 1.44 bits per heavy atom. The van der Waals surface area contributed by atoms with E-state index in [4.69, 9.17) is 28.9 Å². The molecule has 4 N–H and O–H groups in total. The SMILES string of the molecule is NCc1ccc(Cl)c(C(F)(F)F)c1.O=C(NCc1ccc(Cl)c(C(F)(F)F)c1)Nc1cccc2cnccc12. The summed E-state index contributed by atoms with van der Waals surface area (Å²) in [5.41, 5.74) is 4.72. The molecule has 0 saturated heterocycles. The molecular weight excluding hydrogens is 569 g/mol. The second kappa shape index (κ2) is 12.5. The van der Waals surface area contributed by atoms with Crippen molar-refractivity contribution in [2.45, 2.75) is 25.4 Å². The zero-order valence-electron chi connectivity index (χ0n) is 19.8. The lowest BCUT2D eigenvalue weighted by Crippen LogP contribution is -2.28. The first-order chi connectivity index (χ1) is 18.3. The number of amides is 2. The van der Waals surface area contributed by atoms with Crippen LogP contribution in [0.3, 0.4) is 0 Å². The number of urea groups is 1. The van der Waals surface area contributed by atoms with E-state index in [0.29, 0.717) is 16.8 Å². The van der Waals surface area contributed by atoms with Gasteiger partial charge in [0.1, 0.15) is 0 Å². The molecular formula is C26H20Cl2F6N4O. The van der Waals surface area contributed by atoms with Gasteiger partial charge in [0.05, 0.1) is 26.9 Å². The van der Waals surface area contributed by atoms with E-state index < -0.39 is 29.5 Å². The number of hydrogen-bond donors (Lipinski definition) is 3. The van der Waals surface area contributed by atoms with E-state index in [0.717, 1.165) is 29.0 Å². The summed E-state index contributed by atoms with van der Waals surface area (Å²) in [6, 6.07) is 13.7. The van der Waals surface area contributed by atoms with Crippen LogP contribution in [0.15, 0.2) is 73.1 Å². The number of carbonyl (C=O) groups excluding carboxylic acids is 1. The summed E-state index contributed by atoms with van der Waals surface area (Å²) in [6.07, 6.45) is -5.68. The third kappa shape index (κ3) is 8.22. The number of anilines is 1. The zero-order valence-corrected chi connectivity index (χ0v) is 21.3. The first-order valence-corrected chi connectivity index (χ1v) is 11.8. The fraction of sp³-hybridized carbons (Fsp3) is 0.154. The Morgan fingerprint density at radius 3 is 2.03 bits per heavy atom. The minimum absolute atomic E-state index is 0.0697. The molecule has 0 aliphatic carbocycles. The molecule has 3 aromatic carbocycles. The summed E-state index contributed by atoms with van der Waals surface area (Å²) in [6.45, 7) is -0.00134. The summed E-state index contributed by atoms with van der Waals surface area (Å²) in [7, 11) is 0. The maximum absolute atomic E-state index is 12.9. The Morgan fingerprint density at radius 1 is 0.846 bits per heavy atom. The number of benzene rings is 3. The van der Waals surface area contributed by atoms with Crippen LogP contribution in [-0.4, -0.2) is 11.0 Å². The van der Waals surface area contributed by atoms with Gasteiger partial charge in [0, 0.05) is 36.3 Å². The molecule has 0 atom stereocenters. The van der Waals surface area contributed by atoms with Gasteiger partial charge < -0.3 is 16.4 Å². The van der Waals surface area contributed by atoms with Gasteiger partial charge in [0.25, 0.3) is 0 Å². The van der Waals surface area contributed by atoms with Crippen LogP contribution in [0.25, 0.3) is 10.8 Å². The quantitative estimate of drug-likeness (QED) is 0.211. The van der Waals surface area contributed by atoms with Crippen molar-refractivity contribution >= 4 is 45.7 Å². The molecule has 0 unspecified atom stereocenters. The van der Waals surface area contributed by atoms with Crippen LogP contribution >= 0.6 is 23.2 Å². The maximum atomic E-state index is 12.9. The minimum Gasteiger partial charge on any atom is -0.334 e. The molecule has 13 heteroatoms. The molecule has 0 radical (unpaired) electrons. The van der Waals surface area contributed by atoms with E-state index in [9.17, 15) is 31.1 Å². The van der Waals surface area contributed by atoms with Crippen molar-refractivity contribution < 1.29 is 31.1 Å². The van der Waals surface area contributed by atoms with Gasteiger partial charge in [-0.15, -0.1) is 0 Å². The van der Waals surface area contributed by atoms with E-state index in [2.05, 4.69) is 15.6 Å². The van der Waals surface area contributed by atoms with E-state index >= 15 is 0 Å². The number of nitrogens with two attached hydrogens (primary N) is 1. The Hall–Kier alpha value is -3.54. The average molecular weight is 589 g/mol. The van der Waals surface area contributed by atoms with Crippen molar-refractivity contribution in [2.75, 3.05) is 5.32 Å². The monoisotopic (exact) mass is 588 g/mol. The van der Waals surface area contributed by atoms with Crippen molar-refractivity contribution in [3.63, 3.8) is 0 Å². The molecule has 0 bridgehead atoms. The van der Waals surface area contributed by atoms with E-state index in [1.54, 1.807) is 30.6 Å². The molecule has 4 rings (SSSR count). The lowest BCUT2D eigenvalue weighted by molar-refractivity contribution is -0.138. The highest BCUT2D eigenvalue weighted by Crippen LogP contribution is 2.36. The fourth-order valence-corrected chi connectivity index (χ4v) is 3.85. The first-order valence-electron chi connectivity index (χ1n) is 11.1. The van der Waals surface area contributed by atoms with Gasteiger partial charge in [-0.25, -0.2) is 4.79 Å². The summed E-state index contributed by atoms with van der Waals surface area (Å²) in [5.74, 6) is 0. The van der Waals surface area contributed by atoms with E-state index in [1.165, 1.54) is 18.2 Å². The predicted molar refractivity (Wildman–Crippen MR) is 138 cm³/mol. The number of alkyl halides is 6. The highest BCUT2D eigenvalue weighted by molar-refractivity contribution is 6.31. The number of rotatable bonds is 4. The number of halogens is 8. The molecule has 0 fully saturated rings. The Kier molecular flexibility index (Phi) is 9.65. The van der Waals surface area contributed by atoms with Crippen molar-refractivity contribution in [2.24, 2.45) is 5.73 Å². The lowest BCUT2D eigenvalue weighted by Gasteiger charge is -2.12. The molecule has 2 amide bonds. The van der Waals surface area contributed by atoms with Gasteiger partial charge in [-0.05, 0) is 47.5 Å². The fourth-order valence-electron chi connectivity index (χ4n) is 3.40. The van der Waals surface area contributed by atoms with E-state index in [1.807, 2.05) is 6.07 Å². The van der Waals surface area contributed by atoms with Crippen molar-refractivity contribution in [3.8, 4) is 0 Å². The van der Waals surface area contributed by atoms with Crippen LogP contribution in [0.5, 0.6) is 0 Å². The Labute approximate surface area is 228 Å². The first kappa shape index (κ1) is 30.0. The van der Waals surface area contributed by atoms with Crippen LogP contribution in [0.1, 0.15) is 22.3 Å². The molecule has 0 aliphatic heterocycles. The minimum atomic E-state index is -4.55. The molecule has 4 aromatic rings. The van der Waals surface area contributed by atoms with Crippen LogP contribution < -0.4 is 16.4 Å². The van der Waals surface area contributed by atoms with Crippen molar-refractivity contribution in [1.29, 1.82) is 0 Å². The number of hydrogen-bond acceptors (Lipinski definition) is 3. The summed E-state index contributed by atoms with van der Waals surface area (Å²) in [4.78, 5) is 16.1. The molecule has 1 aromatic heterocycles. The third-order valence-electron chi connectivity index (χ3n) is 5.29. The Bertz CT molecular complexity index is 1460. The second-order valence-corrected chi connectivity index (χ2v) is 8.85. The van der Waals surface area contributed by atoms with Gasteiger partial charge >= 0.3 is 18.4 Å². The number of fused-ring (bicyclic) bond motifs is 1. The summed E-state index contributed by atoms with van der Waals surface area (Å²) in [5, 5.41) is 6.21. The molecule has 1 heterocycles. The van der Waals surface area contributed by atoms with Gasteiger partial charge in [-0.1, -0.05) is 47.5 Å². The molecule has 0 aliphatic rings. The van der Waals surface area contributed by atoms with Crippen molar-refractivity contribution in [1.82, 2.24) is 10.3 Å².